The molecule has 2 heterocycles. The molecule has 0 aliphatic carbocycles. The molecule has 4 rings (SSSR count). The van der Waals surface area contributed by atoms with Gasteiger partial charge >= 0.3 is 5.97 Å². The lowest BCUT2D eigenvalue weighted by Crippen LogP contribution is -2.30. The summed E-state index contributed by atoms with van der Waals surface area (Å²) in [7, 11) is 0. The average molecular weight is 381 g/mol. The quantitative estimate of drug-likeness (QED) is 0.662. The van der Waals surface area contributed by atoms with Gasteiger partial charge in [0, 0.05) is 11.8 Å². The van der Waals surface area contributed by atoms with Crippen LogP contribution in [0.4, 0.5) is 5.69 Å². The van der Waals surface area contributed by atoms with E-state index in [1.807, 2.05) is 0 Å². The highest BCUT2D eigenvalue weighted by Gasteiger charge is 2.21. The van der Waals surface area contributed by atoms with Crippen LogP contribution in [0.5, 0.6) is 11.5 Å². The number of fused-ring (bicyclic) bond motifs is 1. The number of carbonyl (C=O) groups excluding carboxylic acids is 2. The summed E-state index contributed by atoms with van der Waals surface area (Å²) < 4.78 is 17.2. The molecule has 0 saturated heterocycles. The van der Waals surface area contributed by atoms with E-state index in [9.17, 15) is 9.59 Å². The predicted molar refractivity (Wildman–Crippen MR) is 95.2 cm³/mol. The van der Waals surface area contributed by atoms with Crippen molar-refractivity contribution < 1.29 is 23.8 Å². The molecule has 0 spiro atoms. The Balaban J connectivity index is 1.40. The van der Waals surface area contributed by atoms with Crippen molar-refractivity contribution in [3.05, 3.63) is 54.4 Å². The van der Waals surface area contributed by atoms with E-state index in [1.54, 1.807) is 42.5 Å². The third kappa shape index (κ3) is 3.61. The summed E-state index contributed by atoms with van der Waals surface area (Å²) >= 11 is 0. The van der Waals surface area contributed by atoms with Crippen LogP contribution >= 0.6 is 0 Å². The first-order chi connectivity index (χ1) is 13.6. The number of amides is 1. The Bertz CT molecular complexity index is 1020. The molecular formula is C18H15N5O5. The highest BCUT2D eigenvalue weighted by molar-refractivity contribution is 5.97. The molecule has 2 aromatic carbocycles. The van der Waals surface area contributed by atoms with Crippen LogP contribution in [0, 0.1) is 0 Å². The maximum absolute atomic E-state index is 12.4. The van der Waals surface area contributed by atoms with Gasteiger partial charge in [-0.25, -0.2) is 9.48 Å². The number of ether oxygens (including phenoxy) is 3. The van der Waals surface area contributed by atoms with Crippen LogP contribution in [0.3, 0.4) is 0 Å². The Hall–Kier alpha value is -3.95. The van der Waals surface area contributed by atoms with Crippen molar-refractivity contribution in [3.8, 4) is 17.2 Å². The average Bonchev–Trinajstić information content (AvgIpc) is 3.39. The van der Waals surface area contributed by atoms with Crippen LogP contribution in [-0.2, 0) is 9.53 Å². The number of anilines is 1. The molecule has 1 aliphatic heterocycles. The second-order valence-electron chi connectivity index (χ2n) is 5.91. The van der Waals surface area contributed by atoms with Gasteiger partial charge in [-0.05, 0) is 47.7 Å². The van der Waals surface area contributed by atoms with Crippen LogP contribution in [0.2, 0.25) is 0 Å². The zero-order chi connectivity index (χ0) is 19.5. The van der Waals surface area contributed by atoms with Gasteiger partial charge in [0.05, 0.1) is 11.3 Å². The minimum atomic E-state index is -1.00. The molecule has 1 amide bonds. The molecule has 1 unspecified atom stereocenters. The van der Waals surface area contributed by atoms with Crippen molar-refractivity contribution in [2.75, 3.05) is 12.1 Å². The normalized spacial score (nSPS) is 13.0. The Morgan fingerprint density at radius 3 is 2.86 bits per heavy atom. The Morgan fingerprint density at radius 2 is 2.04 bits per heavy atom. The fourth-order valence-corrected chi connectivity index (χ4v) is 2.56. The monoisotopic (exact) mass is 381 g/mol. The molecular weight excluding hydrogens is 366 g/mol. The number of benzene rings is 2. The van der Waals surface area contributed by atoms with E-state index in [1.165, 1.54) is 17.9 Å². The molecule has 1 atom stereocenters. The Labute approximate surface area is 159 Å². The summed E-state index contributed by atoms with van der Waals surface area (Å²) in [5, 5.41) is 13.6. The smallest absolute Gasteiger partial charge is 0.338 e. The number of nitrogens with zero attached hydrogens (tertiary/aromatic N) is 4. The Kier molecular flexibility index (Phi) is 4.58. The third-order valence-electron chi connectivity index (χ3n) is 3.99. The van der Waals surface area contributed by atoms with Gasteiger partial charge in [-0.15, -0.1) is 5.10 Å². The second kappa shape index (κ2) is 7.35. The summed E-state index contributed by atoms with van der Waals surface area (Å²) in [5.41, 5.74) is 1.38. The fraction of sp³-hybridized carbons (Fsp3) is 0.167. The number of carbonyl (C=O) groups is 2. The topological polar surface area (TPSA) is 117 Å². The summed E-state index contributed by atoms with van der Waals surface area (Å²) in [6, 6.07) is 11.6. The van der Waals surface area contributed by atoms with Crippen LogP contribution < -0.4 is 14.8 Å². The number of rotatable bonds is 5. The van der Waals surface area contributed by atoms with Gasteiger partial charge < -0.3 is 19.5 Å². The van der Waals surface area contributed by atoms with E-state index in [0.717, 1.165) is 0 Å². The summed E-state index contributed by atoms with van der Waals surface area (Å²) in [4.78, 5) is 24.7. The SMILES string of the molecule is CC(OC(=O)c1cccc(-n2cnnn2)c1)C(=O)Nc1ccc2c(c1)OCO2. The van der Waals surface area contributed by atoms with Gasteiger partial charge in [0.2, 0.25) is 6.79 Å². The maximum Gasteiger partial charge on any atom is 0.338 e. The highest BCUT2D eigenvalue weighted by Crippen LogP contribution is 2.34. The van der Waals surface area contributed by atoms with Crippen molar-refractivity contribution in [2.45, 2.75) is 13.0 Å². The first-order valence-corrected chi connectivity index (χ1v) is 8.35. The lowest BCUT2D eigenvalue weighted by molar-refractivity contribution is -0.123. The first kappa shape index (κ1) is 17.5. The van der Waals surface area contributed by atoms with Gasteiger partial charge in [-0.2, -0.15) is 0 Å². The standard InChI is InChI=1S/C18H15N5O5/c1-11(17(24)20-13-5-6-15-16(8-13)27-10-26-15)28-18(25)12-3-2-4-14(7-12)23-9-19-21-22-23/h2-9,11H,10H2,1H3,(H,20,24). The van der Waals surface area contributed by atoms with E-state index in [0.29, 0.717) is 22.9 Å². The highest BCUT2D eigenvalue weighted by atomic mass is 16.7. The van der Waals surface area contributed by atoms with Gasteiger partial charge in [0.25, 0.3) is 5.91 Å². The van der Waals surface area contributed by atoms with Crippen molar-refractivity contribution in [1.82, 2.24) is 20.2 Å². The van der Waals surface area contributed by atoms with E-state index >= 15 is 0 Å². The minimum absolute atomic E-state index is 0.143. The van der Waals surface area contributed by atoms with Crippen LogP contribution in [0.15, 0.2) is 48.8 Å². The van der Waals surface area contributed by atoms with Crippen molar-refractivity contribution in [1.29, 1.82) is 0 Å². The fourth-order valence-electron chi connectivity index (χ4n) is 2.56. The molecule has 0 fully saturated rings. The molecule has 3 aromatic rings. The van der Waals surface area contributed by atoms with E-state index < -0.39 is 18.0 Å². The van der Waals surface area contributed by atoms with E-state index in [4.69, 9.17) is 14.2 Å². The Morgan fingerprint density at radius 1 is 1.18 bits per heavy atom. The molecule has 0 bridgehead atoms. The van der Waals surface area contributed by atoms with Gasteiger partial charge in [0.1, 0.15) is 6.33 Å². The molecule has 142 valence electrons. The molecule has 28 heavy (non-hydrogen) atoms. The number of aromatic nitrogens is 4. The molecule has 0 radical (unpaired) electrons. The van der Waals surface area contributed by atoms with Crippen molar-refractivity contribution >= 4 is 17.6 Å². The zero-order valence-corrected chi connectivity index (χ0v) is 14.7. The summed E-state index contributed by atoms with van der Waals surface area (Å²) in [6.45, 7) is 1.63. The lowest BCUT2D eigenvalue weighted by atomic mass is 10.2. The number of esters is 1. The predicted octanol–water partition coefficient (Wildman–Crippen LogP) is 1.57. The van der Waals surface area contributed by atoms with E-state index in [-0.39, 0.29) is 12.4 Å². The summed E-state index contributed by atoms with van der Waals surface area (Å²) in [5.74, 6) is 0.0499. The second-order valence-corrected chi connectivity index (χ2v) is 5.91. The van der Waals surface area contributed by atoms with Gasteiger partial charge in [-0.1, -0.05) is 6.07 Å². The molecule has 1 aromatic heterocycles. The lowest BCUT2D eigenvalue weighted by Gasteiger charge is -2.14. The number of hydrogen-bond acceptors (Lipinski definition) is 8. The largest absolute Gasteiger partial charge is 0.454 e. The van der Waals surface area contributed by atoms with Crippen molar-refractivity contribution in [3.63, 3.8) is 0 Å². The summed E-state index contributed by atoms with van der Waals surface area (Å²) in [6.07, 6.45) is 0.404. The zero-order valence-electron chi connectivity index (χ0n) is 14.7. The minimum Gasteiger partial charge on any atom is -0.454 e. The molecule has 1 aliphatic rings. The third-order valence-corrected chi connectivity index (χ3v) is 3.99. The number of nitrogens with one attached hydrogen (secondary N) is 1. The van der Waals surface area contributed by atoms with Gasteiger partial charge in [0.15, 0.2) is 17.6 Å². The number of tetrazole rings is 1. The van der Waals surface area contributed by atoms with E-state index in [2.05, 4.69) is 20.8 Å². The molecule has 10 nitrogen and oxygen atoms in total. The maximum atomic E-state index is 12.4. The molecule has 0 saturated carbocycles. The molecule has 10 heteroatoms. The first-order valence-electron chi connectivity index (χ1n) is 8.35. The van der Waals surface area contributed by atoms with Gasteiger partial charge in [-0.3, -0.25) is 4.79 Å². The molecule has 1 N–H and O–H groups in total. The number of hydrogen-bond donors (Lipinski definition) is 1. The van der Waals surface area contributed by atoms with Crippen molar-refractivity contribution in [2.24, 2.45) is 0 Å². The van der Waals surface area contributed by atoms with Crippen LogP contribution in [0.25, 0.3) is 5.69 Å². The van der Waals surface area contributed by atoms with Crippen LogP contribution in [-0.4, -0.2) is 45.0 Å². The van der Waals surface area contributed by atoms with Crippen LogP contribution in [0.1, 0.15) is 17.3 Å².